The number of nitrogens with one attached hydrogen (secondary N) is 1. The Morgan fingerprint density at radius 1 is 1.31 bits per heavy atom. The number of ether oxygens (including phenoxy) is 1. The number of rotatable bonds is 7. The molecule has 1 amide bonds. The summed E-state index contributed by atoms with van der Waals surface area (Å²) in [6.45, 7) is 5.06. The van der Waals surface area contributed by atoms with Gasteiger partial charge in [0.2, 0.25) is 5.91 Å². The summed E-state index contributed by atoms with van der Waals surface area (Å²) >= 11 is 6.00. The molecule has 0 fully saturated rings. The maximum absolute atomic E-state index is 12.5. The Bertz CT molecular complexity index is 800. The number of benzene rings is 2. The van der Waals surface area contributed by atoms with Gasteiger partial charge in [0.1, 0.15) is 11.8 Å². The Hall–Kier alpha value is -2.55. The molecule has 0 radical (unpaired) electrons. The van der Waals surface area contributed by atoms with E-state index in [4.69, 9.17) is 21.6 Å². The van der Waals surface area contributed by atoms with Crippen LogP contribution in [0, 0.1) is 11.3 Å². The minimum Gasteiger partial charge on any atom is -0.494 e. The minimum atomic E-state index is -0.337. The van der Waals surface area contributed by atoms with Crippen LogP contribution in [0.3, 0.4) is 0 Å². The lowest BCUT2D eigenvalue weighted by molar-refractivity contribution is -0.120. The van der Waals surface area contributed by atoms with Gasteiger partial charge in [-0.2, -0.15) is 5.26 Å². The highest BCUT2D eigenvalue weighted by atomic mass is 35.5. The zero-order valence-electron chi connectivity index (χ0n) is 15.1. The van der Waals surface area contributed by atoms with Crippen LogP contribution in [0.15, 0.2) is 42.5 Å². The molecule has 2 aromatic rings. The summed E-state index contributed by atoms with van der Waals surface area (Å²) < 4.78 is 5.44. The van der Waals surface area contributed by atoms with Gasteiger partial charge in [-0.3, -0.25) is 9.69 Å². The first kappa shape index (κ1) is 19.8. The summed E-state index contributed by atoms with van der Waals surface area (Å²) in [7, 11) is 1.90. The van der Waals surface area contributed by atoms with Crippen LogP contribution in [0.5, 0.6) is 5.75 Å². The van der Waals surface area contributed by atoms with Crippen molar-refractivity contribution in [1.82, 2.24) is 4.90 Å². The van der Waals surface area contributed by atoms with Crippen LogP contribution in [0.4, 0.5) is 5.69 Å². The topological polar surface area (TPSA) is 65.4 Å². The summed E-state index contributed by atoms with van der Waals surface area (Å²) in [5.41, 5.74) is 2.04. The number of halogens is 1. The third kappa shape index (κ3) is 5.22. The standard InChI is InChI=1S/C20H22ClN3O2/c1-4-26-18-9-5-15(6-10-18)13-24(3)14(2)20(25)23-17-8-7-16(12-22)19(21)11-17/h5-11,14H,4,13H2,1-3H3,(H,23,25)/t14-/m1/s1. The second-order valence-electron chi connectivity index (χ2n) is 5.96. The van der Waals surface area contributed by atoms with Crippen molar-refractivity contribution >= 4 is 23.2 Å². The van der Waals surface area contributed by atoms with Crippen LogP contribution >= 0.6 is 11.6 Å². The molecule has 2 aromatic carbocycles. The van der Waals surface area contributed by atoms with Crippen LogP contribution in [-0.2, 0) is 11.3 Å². The summed E-state index contributed by atoms with van der Waals surface area (Å²) in [6, 6.07) is 14.3. The van der Waals surface area contributed by atoms with Crippen molar-refractivity contribution in [3.05, 3.63) is 58.6 Å². The summed E-state index contributed by atoms with van der Waals surface area (Å²) in [4.78, 5) is 14.4. The van der Waals surface area contributed by atoms with Gasteiger partial charge < -0.3 is 10.1 Å². The maximum atomic E-state index is 12.5. The van der Waals surface area contributed by atoms with E-state index in [9.17, 15) is 4.79 Å². The fourth-order valence-electron chi connectivity index (χ4n) is 2.41. The van der Waals surface area contributed by atoms with Crippen molar-refractivity contribution in [2.75, 3.05) is 19.0 Å². The van der Waals surface area contributed by atoms with Crippen molar-refractivity contribution < 1.29 is 9.53 Å². The highest BCUT2D eigenvalue weighted by Gasteiger charge is 2.18. The van der Waals surface area contributed by atoms with E-state index in [1.54, 1.807) is 18.2 Å². The van der Waals surface area contributed by atoms with Crippen LogP contribution in [0.25, 0.3) is 0 Å². The third-order valence-corrected chi connectivity index (χ3v) is 4.38. The fraction of sp³-hybridized carbons (Fsp3) is 0.300. The SMILES string of the molecule is CCOc1ccc(CN(C)[C@H](C)C(=O)Nc2ccc(C#N)c(Cl)c2)cc1. The predicted molar refractivity (Wildman–Crippen MR) is 103 cm³/mol. The van der Waals surface area contributed by atoms with Crippen molar-refractivity contribution in [2.45, 2.75) is 26.4 Å². The van der Waals surface area contributed by atoms with Gasteiger partial charge in [-0.1, -0.05) is 23.7 Å². The van der Waals surface area contributed by atoms with E-state index in [1.165, 1.54) is 0 Å². The largest absolute Gasteiger partial charge is 0.494 e. The van der Waals surface area contributed by atoms with E-state index >= 15 is 0 Å². The van der Waals surface area contributed by atoms with Gasteiger partial charge in [0.05, 0.1) is 23.2 Å². The number of hydrogen-bond donors (Lipinski definition) is 1. The molecule has 0 aliphatic heterocycles. The van der Waals surface area contributed by atoms with Crippen molar-refractivity contribution in [3.8, 4) is 11.8 Å². The van der Waals surface area contributed by atoms with Gasteiger partial charge in [0, 0.05) is 12.2 Å². The zero-order valence-corrected chi connectivity index (χ0v) is 15.9. The molecule has 0 spiro atoms. The molecule has 136 valence electrons. The van der Waals surface area contributed by atoms with Gasteiger partial charge in [0.15, 0.2) is 0 Å². The zero-order chi connectivity index (χ0) is 19.1. The molecule has 2 rings (SSSR count). The Balaban J connectivity index is 1.96. The fourth-order valence-corrected chi connectivity index (χ4v) is 2.64. The first-order valence-electron chi connectivity index (χ1n) is 8.37. The minimum absolute atomic E-state index is 0.140. The quantitative estimate of drug-likeness (QED) is 0.796. The molecule has 0 aliphatic carbocycles. The maximum Gasteiger partial charge on any atom is 0.241 e. The first-order chi connectivity index (χ1) is 12.4. The first-order valence-corrected chi connectivity index (χ1v) is 8.75. The predicted octanol–water partition coefficient (Wildman–Crippen LogP) is 4.07. The van der Waals surface area contributed by atoms with Crippen LogP contribution in [0.2, 0.25) is 5.02 Å². The summed E-state index contributed by atoms with van der Waals surface area (Å²) in [6.07, 6.45) is 0. The van der Waals surface area contributed by atoms with E-state index in [1.807, 2.05) is 56.1 Å². The molecule has 5 nitrogen and oxygen atoms in total. The Kier molecular flexibility index (Phi) is 7.02. The third-order valence-electron chi connectivity index (χ3n) is 4.06. The lowest BCUT2D eigenvalue weighted by atomic mass is 10.1. The molecule has 0 aromatic heterocycles. The number of anilines is 1. The molecule has 1 N–H and O–H groups in total. The Morgan fingerprint density at radius 2 is 2.00 bits per heavy atom. The van der Waals surface area contributed by atoms with Crippen LogP contribution in [0.1, 0.15) is 25.0 Å². The van der Waals surface area contributed by atoms with Gasteiger partial charge >= 0.3 is 0 Å². The van der Waals surface area contributed by atoms with Gasteiger partial charge in [-0.05, 0) is 56.8 Å². The smallest absolute Gasteiger partial charge is 0.241 e. The highest BCUT2D eigenvalue weighted by molar-refractivity contribution is 6.32. The monoisotopic (exact) mass is 371 g/mol. The molecule has 26 heavy (non-hydrogen) atoms. The number of amides is 1. The molecule has 0 heterocycles. The van der Waals surface area contributed by atoms with Crippen molar-refractivity contribution in [3.63, 3.8) is 0 Å². The van der Waals surface area contributed by atoms with E-state index in [0.29, 0.717) is 29.4 Å². The molecule has 0 aliphatic rings. The van der Waals surface area contributed by atoms with Crippen molar-refractivity contribution in [2.24, 2.45) is 0 Å². The molecule has 0 saturated carbocycles. The lowest BCUT2D eigenvalue weighted by Gasteiger charge is -2.24. The molecule has 0 saturated heterocycles. The lowest BCUT2D eigenvalue weighted by Crippen LogP contribution is -2.39. The number of likely N-dealkylation sites (N-methyl/N-ethyl adjacent to an activating group) is 1. The second kappa shape index (κ2) is 9.23. The van der Waals surface area contributed by atoms with Crippen molar-refractivity contribution in [1.29, 1.82) is 5.26 Å². The average molecular weight is 372 g/mol. The molecule has 6 heteroatoms. The van der Waals surface area contributed by atoms with Gasteiger partial charge in [-0.25, -0.2) is 0 Å². The average Bonchev–Trinajstić information content (AvgIpc) is 2.63. The number of carbonyl (C=O) groups is 1. The molecule has 0 unspecified atom stereocenters. The summed E-state index contributed by atoms with van der Waals surface area (Å²) in [5, 5.41) is 12.1. The van der Waals surface area contributed by atoms with E-state index in [2.05, 4.69) is 5.32 Å². The molecule has 1 atom stereocenters. The molecular formula is C20H22ClN3O2. The Morgan fingerprint density at radius 3 is 2.58 bits per heavy atom. The highest BCUT2D eigenvalue weighted by Crippen LogP contribution is 2.21. The van der Waals surface area contributed by atoms with Gasteiger partial charge in [0.25, 0.3) is 0 Å². The van der Waals surface area contributed by atoms with E-state index in [-0.39, 0.29) is 11.9 Å². The number of nitriles is 1. The summed E-state index contributed by atoms with van der Waals surface area (Å²) in [5.74, 6) is 0.696. The van der Waals surface area contributed by atoms with Gasteiger partial charge in [-0.15, -0.1) is 0 Å². The Labute approximate surface area is 159 Å². The molecular weight excluding hydrogens is 350 g/mol. The van der Waals surface area contributed by atoms with Crippen LogP contribution in [-0.4, -0.2) is 30.5 Å². The normalized spacial score (nSPS) is 11.7. The van der Waals surface area contributed by atoms with Crippen LogP contribution < -0.4 is 10.1 Å². The van der Waals surface area contributed by atoms with E-state index in [0.717, 1.165) is 11.3 Å². The number of carbonyl (C=O) groups excluding carboxylic acids is 1. The number of nitrogens with zero attached hydrogens (tertiary/aromatic N) is 2. The second-order valence-corrected chi connectivity index (χ2v) is 6.37. The molecule has 0 bridgehead atoms. The number of hydrogen-bond acceptors (Lipinski definition) is 4. The van der Waals surface area contributed by atoms with E-state index < -0.39 is 0 Å².